The standard InChI is InChI=1S/C16H23NO2/c1-13-7-3-4-8-14(13)12-17-10-6-5-9-15(17)11-16(18)19-2/h3-4,7-8,15H,5-6,9-12H2,1-2H3. The van der Waals surface area contributed by atoms with E-state index < -0.39 is 0 Å². The van der Waals surface area contributed by atoms with E-state index >= 15 is 0 Å². The van der Waals surface area contributed by atoms with E-state index in [1.54, 1.807) is 0 Å². The molecule has 0 bridgehead atoms. The SMILES string of the molecule is COC(=O)CC1CCCCN1Cc1ccccc1C. The molecule has 1 aromatic carbocycles. The molecule has 1 unspecified atom stereocenters. The summed E-state index contributed by atoms with van der Waals surface area (Å²) in [6.45, 7) is 4.17. The largest absolute Gasteiger partial charge is 0.469 e. The third-order valence-corrected chi connectivity index (χ3v) is 4.01. The van der Waals surface area contributed by atoms with Gasteiger partial charge >= 0.3 is 5.97 Å². The summed E-state index contributed by atoms with van der Waals surface area (Å²) in [4.78, 5) is 13.9. The molecule has 1 aliphatic rings. The average Bonchev–Trinajstić information content (AvgIpc) is 2.43. The first-order valence-electron chi connectivity index (χ1n) is 7.06. The van der Waals surface area contributed by atoms with Crippen molar-refractivity contribution in [3.63, 3.8) is 0 Å². The number of hydrogen-bond donors (Lipinski definition) is 0. The van der Waals surface area contributed by atoms with Crippen LogP contribution in [0.5, 0.6) is 0 Å². The Morgan fingerprint density at radius 2 is 2.16 bits per heavy atom. The van der Waals surface area contributed by atoms with Crippen LogP contribution in [0, 0.1) is 6.92 Å². The summed E-state index contributed by atoms with van der Waals surface area (Å²) in [6.07, 6.45) is 4.05. The Labute approximate surface area is 115 Å². The Balaban J connectivity index is 2.03. The second-order valence-corrected chi connectivity index (χ2v) is 5.33. The Kier molecular flexibility index (Phi) is 4.97. The maximum absolute atomic E-state index is 11.5. The molecule has 0 spiro atoms. The lowest BCUT2D eigenvalue weighted by Gasteiger charge is -2.35. The van der Waals surface area contributed by atoms with Crippen molar-refractivity contribution in [3.8, 4) is 0 Å². The van der Waals surface area contributed by atoms with Gasteiger partial charge in [-0.05, 0) is 37.4 Å². The first kappa shape index (κ1) is 14.1. The highest BCUT2D eigenvalue weighted by Gasteiger charge is 2.25. The Morgan fingerprint density at radius 1 is 1.37 bits per heavy atom. The number of piperidine rings is 1. The van der Waals surface area contributed by atoms with Crippen LogP contribution in [-0.4, -0.2) is 30.6 Å². The molecular formula is C16H23NO2. The number of nitrogens with zero attached hydrogens (tertiary/aromatic N) is 1. The summed E-state index contributed by atoms with van der Waals surface area (Å²) in [5.41, 5.74) is 2.68. The zero-order valence-corrected chi connectivity index (χ0v) is 11.9. The third kappa shape index (κ3) is 3.80. The van der Waals surface area contributed by atoms with Crippen LogP contribution in [0.3, 0.4) is 0 Å². The second-order valence-electron chi connectivity index (χ2n) is 5.33. The number of ether oxygens (including phenoxy) is 1. The van der Waals surface area contributed by atoms with E-state index in [1.807, 2.05) is 0 Å². The van der Waals surface area contributed by atoms with Crippen molar-refractivity contribution in [3.05, 3.63) is 35.4 Å². The van der Waals surface area contributed by atoms with Crippen molar-refractivity contribution >= 4 is 5.97 Å². The molecule has 0 aromatic heterocycles. The average molecular weight is 261 g/mol. The highest BCUT2D eigenvalue weighted by atomic mass is 16.5. The summed E-state index contributed by atoms with van der Waals surface area (Å²) >= 11 is 0. The van der Waals surface area contributed by atoms with Crippen molar-refractivity contribution in [1.82, 2.24) is 4.90 Å². The number of hydrogen-bond acceptors (Lipinski definition) is 3. The van der Waals surface area contributed by atoms with E-state index in [2.05, 4.69) is 36.1 Å². The summed E-state index contributed by atoms with van der Waals surface area (Å²) in [5, 5.41) is 0. The highest BCUT2D eigenvalue weighted by molar-refractivity contribution is 5.69. The number of aryl methyl sites for hydroxylation is 1. The summed E-state index contributed by atoms with van der Waals surface area (Å²) in [6, 6.07) is 8.82. The molecule has 1 atom stereocenters. The first-order valence-corrected chi connectivity index (χ1v) is 7.06. The summed E-state index contributed by atoms with van der Waals surface area (Å²) in [7, 11) is 1.47. The molecular weight excluding hydrogens is 238 g/mol. The number of likely N-dealkylation sites (tertiary alicyclic amines) is 1. The Morgan fingerprint density at radius 3 is 2.89 bits per heavy atom. The molecule has 3 heteroatoms. The molecule has 0 amide bonds. The van der Waals surface area contributed by atoms with Crippen molar-refractivity contribution in [2.75, 3.05) is 13.7 Å². The number of rotatable bonds is 4. The molecule has 0 saturated carbocycles. The van der Waals surface area contributed by atoms with Gasteiger partial charge < -0.3 is 4.74 Å². The first-order chi connectivity index (χ1) is 9.20. The van der Waals surface area contributed by atoms with Crippen LogP contribution < -0.4 is 0 Å². The molecule has 1 aliphatic heterocycles. The van der Waals surface area contributed by atoms with Gasteiger partial charge in [-0.25, -0.2) is 0 Å². The van der Waals surface area contributed by atoms with Crippen LogP contribution in [0.4, 0.5) is 0 Å². The van der Waals surface area contributed by atoms with Crippen LogP contribution in [0.2, 0.25) is 0 Å². The maximum atomic E-state index is 11.5. The fourth-order valence-electron chi connectivity index (χ4n) is 2.78. The molecule has 1 fully saturated rings. The van der Waals surface area contributed by atoms with E-state index in [-0.39, 0.29) is 5.97 Å². The van der Waals surface area contributed by atoms with Gasteiger partial charge in [-0.1, -0.05) is 30.7 Å². The molecule has 3 nitrogen and oxygen atoms in total. The Bertz CT molecular complexity index is 431. The number of benzene rings is 1. The second kappa shape index (κ2) is 6.71. The predicted octanol–water partition coefficient (Wildman–Crippen LogP) is 2.91. The van der Waals surface area contributed by atoms with E-state index in [0.29, 0.717) is 12.5 Å². The number of esters is 1. The topological polar surface area (TPSA) is 29.5 Å². The van der Waals surface area contributed by atoms with E-state index in [1.165, 1.54) is 31.1 Å². The van der Waals surface area contributed by atoms with E-state index in [9.17, 15) is 4.79 Å². The summed E-state index contributed by atoms with van der Waals surface area (Å²) < 4.78 is 4.81. The molecule has 104 valence electrons. The van der Waals surface area contributed by atoms with E-state index in [4.69, 9.17) is 4.74 Å². The lowest BCUT2D eigenvalue weighted by Crippen LogP contribution is -2.40. The predicted molar refractivity (Wildman–Crippen MR) is 75.9 cm³/mol. The van der Waals surface area contributed by atoms with Gasteiger partial charge in [-0.15, -0.1) is 0 Å². The lowest BCUT2D eigenvalue weighted by molar-refractivity contribution is -0.142. The van der Waals surface area contributed by atoms with Crippen LogP contribution >= 0.6 is 0 Å². The van der Waals surface area contributed by atoms with Crippen LogP contribution in [-0.2, 0) is 16.1 Å². The fraction of sp³-hybridized carbons (Fsp3) is 0.562. The molecule has 19 heavy (non-hydrogen) atoms. The minimum atomic E-state index is -0.0957. The molecule has 0 aliphatic carbocycles. The minimum absolute atomic E-state index is 0.0957. The van der Waals surface area contributed by atoms with Gasteiger partial charge in [-0.2, -0.15) is 0 Å². The van der Waals surface area contributed by atoms with Gasteiger partial charge in [0.2, 0.25) is 0 Å². The third-order valence-electron chi connectivity index (χ3n) is 4.01. The van der Waals surface area contributed by atoms with Gasteiger partial charge in [0.05, 0.1) is 13.5 Å². The van der Waals surface area contributed by atoms with Gasteiger partial charge in [0.15, 0.2) is 0 Å². The number of carbonyl (C=O) groups excluding carboxylic acids is 1. The highest BCUT2D eigenvalue weighted by Crippen LogP contribution is 2.23. The maximum Gasteiger partial charge on any atom is 0.307 e. The number of carbonyl (C=O) groups is 1. The van der Waals surface area contributed by atoms with Gasteiger partial charge in [0, 0.05) is 12.6 Å². The zero-order valence-electron chi connectivity index (χ0n) is 11.9. The quantitative estimate of drug-likeness (QED) is 0.780. The minimum Gasteiger partial charge on any atom is -0.469 e. The van der Waals surface area contributed by atoms with Crippen LogP contribution in [0.15, 0.2) is 24.3 Å². The van der Waals surface area contributed by atoms with Gasteiger partial charge in [0.1, 0.15) is 0 Å². The Hall–Kier alpha value is -1.35. The number of methoxy groups -OCH3 is 1. The van der Waals surface area contributed by atoms with Crippen molar-refractivity contribution in [2.24, 2.45) is 0 Å². The molecule has 1 heterocycles. The van der Waals surface area contributed by atoms with E-state index in [0.717, 1.165) is 19.5 Å². The molecule has 1 aromatic rings. The smallest absolute Gasteiger partial charge is 0.307 e. The molecule has 0 radical (unpaired) electrons. The van der Waals surface area contributed by atoms with Gasteiger partial charge in [0.25, 0.3) is 0 Å². The normalized spacial score (nSPS) is 20.2. The molecule has 2 rings (SSSR count). The van der Waals surface area contributed by atoms with Crippen molar-refractivity contribution < 1.29 is 9.53 Å². The monoisotopic (exact) mass is 261 g/mol. The molecule has 0 N–H and O–H groups in total. The van der Waals surface area contributed by atoms with Crippen LogP contribution in [0.1, 0.15) is 36.8 Å². The molecule has 1 saturated heterocycles. The zero-order chi connectivity index (χ0) is 13.7. The summed E-state index contributed by atoms with van der Waals surface area (Å²) in [5.74, 6) is -0.0957. The fourth-order valence-corrected chi connectivity index (χ4v) is 2.78. The van der Waals surface area contributed by atoms with Gasteiger partial charge in [-0.3, -0.25) is 9.69 Å². The van der Waals surface area contributed by atoms with Crippen molar-refractivity contribution in [2.45, 2.75) is 45.2 Å². The van der Waals surface area contributed by atoms with Crippen LogP contribution in [0.25, 0.3) is 0 Å². The lowest BCUT2D eigenvalue weighted by atomic mass is 9.98. The van der Waals surface area contributed by atoms with Crippen molar-refractivity contribution in [1.29, 1.82) is 0 Å².